The van der Waals surface area contributed by atoms with Gasteiger partial charge in [0, 0.05) is 30.7 Å². The van der Waals surface area contributed by atoms with Gasteiger partial charge in [-0.3, -0.25) is 4.79 Å². The zero-order chi connectivity index (χ0) is 16.1. The van der Waals surface area contributed by atoms with Gasteiger partial charge in [-0.1, -0.05) is 18.2 Å². The maximum atomic E-state index is 14.0. The first kappa shape index (κ1) is 16.1. The molecule has 1 amide bonds. The minimum atomic E-state index is -0.453. The Kier molecular flexibility index (Phi) is 5.41. The molecule has 122 valence electrons. The summed E-state index contributed by atoms with van der Waals surface area (Å²) >= 11 is 1.69. The lowest BCUT2D eigenvalue weighted by Crippen LogP contribution is -2.44. The SMILES string of the molecule is O=C(c1ccccc1F)N(CCc1cccs1)C1CCOCC1. The molecule has 5 heteroatoms. The largest absolute Gasteiger partial charge is 0.381 e. The molecule has 3 nitrogen and oxygen atoms in total. The Morgan fingerprint density at radius 3 is 2.70 bits per heavy atom. The first-order valence-electron chi connectivity index (χ1n) is 7.91. The van der Waals surface area contributed by atoms with Crippen LogP contribution in [0.4, 0.5) is 4.39 Å². The van der Waals surface area contributed by atoms with Gasteiger partial charge in [0.15, 0.2) is 0 Å². The average molecular weight is 333 g/mol. The van der Waals surface area contributed by atoms with Gasteiger partial charge in [0.2, 0.25) is 0 Å². The predicted octanol–water partition coefficient (Wildman–Crippen LogP) is 3.75. The van der Waals surface area contributed by atoms with Gasteiger partial charge in [0.1, 0.15) is 5.82 Å². The van der Waals surface area contributed by atoms with E-state index < -0.39 is 5.82 Å². The Balaban J connectivity index is 1.78. The molecule has 0 atom stereocenters. The molecule has 23 heavy (non-hydrogen) atoms. The summed E-state index contributed by atoms with van der Waals surface area (Å²) in [5.74, 6) is -0.669. The molecule has 0 spiro atoms. The molecule has 1 fully saturated rings. The number of hydrogen-bond acceptors (Lipinski definition) is 3. The summed E-state index contributed by atoms with van der Waals surface area (Å²) in [5, 5.41) is 2.03. The molecule has 3 rings (SSSR count). The van der Waals surface area contributed by atoms with E-state index in [9.17, 15) is 9.18 Å². The third-order valence-electron chi connectivity index (χ3n) is 4.18. The molecule has 0 bridgehead atoms. The summed E-state index contributed by atoms with van der Waals surface area (Å²) in [5.41, 5.74) is 0.158. The normalized spacial score (nSPS) is 15.5. The minimum Gasteiger partial charge on any atom is -0.381 e. The average Bonchev–Trinajstić information content (AvgIpc) is 3.10. The summed E-state index contributed by atoms with van der Waals surface area (Å²) in [6.45, 7) is 1.92. The van der Waals surface area contributed by atoms with Crippen molar-refractivity contribution < 1.29 is 13.9 Å². The summed E-state index contributed by atoms with van der Waals surface area (Å²) in [6.07, 6.45) is 2.42. The maximum absolute atomic E-state index is 14.0. The Bertz CT molecular complexity index is 638. The van der Waals surface area contributed by atoms with Crippen LogP contribution in [0.15, 0.2) is 41.8 Å². The van der Waals surface area contributed by atoms with Crippen molar-refractivity contribution in [3.05, 3.63) is 58.0 Å². The van der Waals surface area contributed by atoms with Crippen molar-refractivity contribution in [1.82, 2.24) is 4.90 Å². The van der Waals surface area contributed by atoms with Crippen LogP contribution in [-0.4, -0.2) is 36.6 Å². The van der Waals surface area contributed by atoms with E-state index in [0.717, 1.165) is 19.3 Å². The van der Waals surface area contributed by atoms with Crippen LogP contribution in [0.3, 0.4) is 0 Å². The van der Waals surface area contributed by atoms with Gasteiger partial charge in [-0.15, -0.1) is 11.3 Å². The van der Waals surface area contributed by atoms with E-state index in [4.69, 9.17) is 4.74 Å². The zero-order valence-corrected chi connectivity index (χ0v) is 13.7. The first-order valence-corrected chi connectivity index (χ1v) is 8.79. The number of benzene rings is 1. The molecule has 1 aliphatic rings. The summed E-state index contributed by atoms with van der Waals surface area (Å²) in [6, 6.07) is 10.4. The highest BCUT2D eigenvalue weighted by Gasteiger charge is 2.27. The van der Waals surface area contributed by atoms with Crippen LogP contribution in [-0.2, 0) is 11.2 Å². The monoisotopic (exact) mass is 333 g/mol. The van der Waals surface area contributed by atoms with Crippen LogP contribution in [0.5, 0.6) is 0 Å². The standard InChI is InChI=1S/C18H20FNO2S/c19-17-6-2-1-5-16(17)18(21)20(14-8-11-22-12-9-14)10-7-15-4-3-13-23-15/h1-6,13-14H,7-12H2. The van der Waals surface area contributed by atoms with Crippen molar-refractivity contribution in [3.8, 4) is 0 Å². The Labute approximate surface area is 139 Å². The quantitative estimate of drug-likeness (QED) is 0.834. The second-order valence-electron chi connectivity index (χ2n) is 5.65. The lowest BCUT2D eigenvalue weighted by Gasteiger charge is -2.34. The van der Waals surface area contributed by atoms with Crippen molar-refractivity contribution in [2.75, 3.05) is 19.8 Å². The number of thiophene rings is 1. The molecule has 0 saturated carbocycles. The van der Waals surface area contributed by atoms with Crippen molar-refractivity contribution in [2.45, 2.75) is 25.3 Å². The van der Waals surface area contributed by atoms with Crippen LogP contribution in [0.2, 0.25) is 0 Å². The van der Waals surface area contributed by atoms with Gasteiger partial charge in [0.05, 0.1) is 5.56 Å². The van der Waals surface area contributed by atoms with Crippen LogP contribution in [0.1, 0.15) is 28.1 Å². The molecule has 0 N–H and O–H groups in total. The van der Waals surface area contributed by atoms with Gasteiger partial charge >= 0.3 is 0 Å². The van der Waals surface area contributed by atoms with Gasteiger partial charge in [-0.05, 0) is 42.8 Å². The zero-order valence-electron chi connectivity index (χ0n) is 12.9. The number of rotatable bonds is 5. The summed E-state index contributed by atoms with van der Waals surface area (Å²) in [7, 11) is 0. The topological polar surface area (TPSA) is 29.5 Å². The fourth-order valence-corrected chi connectivity index (χ4v) is 3.62. The number of amides is 1. The number of carbonyl (C=O) groups is 1. The van der Waals surface area contributed by atoms with E-state index in [-0.39, 0.29) is 17.5 Å². The highest BCUT2D eigenvalue weighted by Crippen LogP contribution is 2.20. The predicted molar refractivity (Wildman–Crippen MR) is 89.3 cm³/mol. The van der Waals surface area contributed by atoms with Crippen molar-refractivity contribution in [1.29, 1.82) is 0 Å². The van der Waals surface area contributed by atoms with Gasteiger partial charge in [-0.2, -0.15) is 0 Å². The maximum Gasteiger partial charge on any atom is 0.257 e. The van der Waals surface area contributed by atoms with Crippen molar-refractivity contribution in [3.63, 3.8) is 0 Å². The van der Waals surface area contributed by atoms with E-state index >= 15 is 0 Å². The lowest BCUT2D eigenvalue weighted by atomic mass is 10.0. The van der Waals surface area contributed by atoms with E-state index in [1.165, 1.54) is 10.9 Å². The van der Waals surface area contributed by atoms with Crippen LogP contribution in [0.25, 0.3) is 0 Å². The second kappa shape index (κ2) is 7.70. The molecule has 0 aliphatic carbocycles. The molecule has 2 heterocycles. The van der Waals surface area contributed by atoms with Crippen LogP contribution >= 0.6 is 11.3 Å². The van der Waals surface area contributed by atoms with Gasteiger partial charge < -0.3 is 9.64 Å². The lowest BCUT2D eigenvalue weighted by molar-refractivity contribution is 0.0291. The number of ether oxygens (including phenoxy) is 1. The van der Waals surface area contributed by atoms with Crippen molar-refractivity contribution in [2.24, 2.45) is 0 Å². The number of halogens is 1. The van der Waals surface area contributed by atoms with E-state index in [1.807, 2.05) is 16.3 Å². The molecule has 1 aromatic carbocycles. The molecule has 0 radical (unpaired) electrons. The molecule has 1 saturated heterocycles. The molecule has 1 aliphatic heterocycles. The minimum absolute atomic E-state index is 0.121. The van der Waals surface area contributed by atoms with E-state index in [2.05, 4.69) is 6.07 Å². The third-order valence-corrected chi connectivity index (χ3v) is 5.11. The fourth-order valence-electron chi connectivity index (χ4n) is 2.92. The fraction of sp³-hybridized carbons (Fsp3) is 0.389. The molecular weight excluding hydrogens is 313 g/mol. The van der Waals surface area contributed by atoms with E-state index in [0.29, 0.717) is 19.8 Å². The first-order chi connectivity index (χ1) is 11.3. The number of nitrogens with zero attached hydrogens (tertiary/aromatic N) is 1. The highest BCUT2D eigenvalue weighted by atomic mass is 32.1. The van der Waals surface area contributed by atoms with Crippen LogP contribution in [0, 0.1) is 5.82 Å². The summed E-state index contributed by atoms with van der Waals surface area (Å²) in [4.78, 5) is 15.9. The van der Waals surface area contributed by atoms with Gasteiger partial charge in [0.25, 0.3) is 5.91 Å². The highest BCUT2D eigenvalue weighted by molar-refractivity contribution is 7.09. The van der Waals surface area contributed by atoms with Crippen molar-refractivity contribution >= 4 is 17.2 Å². The van der Waals surface area contributed by atoms with E-state index in [1.54, 1.807) is 29.5 Å². The molecule has 1 aromatic heterocycles. The van der Waals surface area contributed by atoms with Crippen LogP contribution < -0.4 is 0 Å². The second-order valence-corrected chi connectivity index (χ2v) is 6.68. The summed E-state index contributed by atoms with van der Waals surface area (Å²) < 4.78 is 19.4. The third kappa shape index (κ3) is 3.98. The molecule has 0 unspecified atom stereocenters. The molecule has 2 aromatic rings. The smallest absolute Gasteiger partial charge is 0.257 e. The van der Waals surface area contributed by atoms with Gasteiger partial charge in [-0.25, -0.2) is 4.39 Å². The number of hydrogen-bond donors (Lipinski definition) is 0. The number of carbonyl (C=O) groups excluding carboxylic acids is 1. The Morgan fingerprint density at radius 2 is 2.00 bits per heavy atom. The Morgan fingerprint density at radius 1 is 1.22 bits per heavy atom. The Hall–Kier alpha value is -1.72. The molecular formula is C18H20FNO2S.